The Kier molecular flexibility index (Phi) is 15.0. The summed E-state index contributed by atoms with van der Waals surface area (Å²) >= 11 is 8.08. The van der Waals surface area contributed by atoms with Crippen LogP contribution >= 0.6 is 23.4 Å². The fraction of sp³-hybridized carbons (Fsp3) is 0.447. The van der Waals surface area contributed by atoms with Gasteiger partial charge in [0.1, 0.15) is 16.8 Å². The Labute approximate surface area is 384 Å². The normalized spacial score (nSPS) is 17.3. The lowest BCUT2D eigenvalue weighted by Crippen LogP contribution is -2.54. The lowest BCUT2D eigenvalue weighted by molar-refractivity contribution is -0.136. The van der Waals surface area contributed by atoms with E-state index in [-0.39, 0.29) is 40.6 Å². The molecule has 1 aromatic heterocycles. The monoisotopic (exact) mass is 929 g/mol. The number of carbonyl (C=O) groups excluding carboxylic acids is 4. The quantitative estimate of drug-likeness (QED) is 0.0490. The SMILES string of the molecule is Cc1cc(Nc2ncc(Cl)c(Nc3ccccc3S(=O)(=O)C(C)C)n2)c(OC(C)C)cc1C1CCN(CCCCCCSc2cccc3c2C(=O)N(C2CCC(=O)NC2=O)C3=O)CC1. The molecule has 4 heterocycles. The maximum Gasteiger partial charge on any atom is 0.263 e. The molecule has 4 amide bonds. The molecule has 3 aliphatic rings. The number of hydrogen-bond donors (Lipinski definition) is 3. The van der Waals surface area contributed by atoms with Crippen molar-refractivity contribution in [3.63, 3.8) is 0 Å². The first-order valence-corrected chi connectivity index (χ1v) is 24.9. The van der Waals surface area contributed by atoms with Crippen molar-refractivity contribution < 1.29 is 32.3 Å². The summed E-state index contributed by atoms with van der Waals surface area (Å²) in [5.41, 5.74) is 4.16. The van der Waals surface area contributed by atoms with E-state index in [4.69, 9.17) is 16.3 Å². The number of sulfone groups is 1. The van der Waals surface area contributed by atoms with Crippen LogP contribution in [-0.2, 0) is 19.4 Å². The van der Waals surface area contributed by atoms with Gasteiger partial charge in [0.05, 0.1) is 44.9 Å². The van der Waals surface area contributed by atoms with Crippen LogP contribution in [0, 0.1) is 6.92 Å². The number of aromatic nitrogens is 2. The third-order valence-electron chi connectivity index (χ3n) is 11.9. The number of piperidine rings is 2. The number of aryl methyl sites for hydroxylation is 1. The summed E-state index contributed by atoms with van der Waals surface area (Å²) in [5, 5.41) is 8.33. The van der Waals surface area contributed by atoms with Gasteiger partial charge >= 0.3 is 0 Å². The van der Waals surface area contributed by atoms with Crippen LogP contribution in [0.5, 0.6) is 5.75 Å². The Morgan fingerprint density at radius 2 is 1.66 bits per heavy atom. The number of imide groups is 2. The highest BCUT2D eigenvalue weighted by atomic mass is 35.5. The largest absolute Gasteiger partial charge is 0.489 e. The predicted molar refractivity (Wildman–Crippen MR) is 250 cm³/mol. The minimum absolute atomic E-state index is 0.0777. The van der Waals surface area contributed by atoms with Crippen molar-refractivity contribution in [2.45, 2.75) is 119 Å². The number of anilines is 4. The number of para-hydroxylation sites is 1. The van der Waals surface area contributed by atoms with Gasteiger partial charge < -0.3 is 20.3 Å². The van der Waals surface area contributed by atoms with Gasteiger partial charge in [-0.25, -0.2) is 13.4 Å². The second-order valence-corrected chi connectivity index (χ2v) is 21.1. The van der Waals surface area contributed by atoms with Gasteiger partial charge in [-0.05, 0) is 146 Å². The summed E-state index contributed by atoms with van der Waals surface area (Å²) in [4.78, 5) is 64.3. The molecule has 3 aliphatic heterocycles. The van der Waals surface area contributed by atoms with Crippen LogP contribution in [0.2, 0.25) is 5.02 Å². The number of fused-ring (bicyclic) bond motifs is 1. The van der Waals surface area contributed by atoms with Crippen molar-refractivity contribution in [3.8, 4) is 5.75 Å². The number of likely N-dealkylation sites (tertiary alicyclic amines) is 1. The Balaban J connectivity index is 0.891. The molecular formula is C47H56ClN7O7S2. The fourth-order valence-corrected chi connectivity index (χ4v) is 10.9. The van der Waals surface area contributed by atoms with Crippen molar-refractivity contribution in [1.29, 1.82) is 0 Å². The zero-order valence-corrected chi connectivity index (χ0v) is 39.3. The molecule has 17 heteroatoms. The average Bonchev–Trinajstić information content (AvgIpc) is 3.51. The topological polar surface area (TPSA) is 180 Å². The maximum absolute atomic E-state index is 13.4. The number of rotatable bonds is 18. The van der Waals surface area contributed by atoms with Crippen molar-refractivity contribution in [1.82, 2.24) is 25.1 Å². The van der Waals surface area contributed by atoms with Crippen LogP contribution in [0.3, 0.4) is 0 Å². The maximum atomic E-state index is 13.4. The van der Waals surface area contributed by atoms with Crippen LogP contribution in [0.25, 0.3) is 0 Å². The molecule has 0 saturated carbocycles. The second-order valence-electron chi connectivity index (χ2n) is 17.1. The number of carbonyl (C=O) groups is 4. The molecule has 3 aromatic carbocycles. The molecule has 7 rings (SSSR count). The van der Waals surface area contributed by atoms with Gasteiger partial charge in [0, 0.05) is 11.3 Å². The summed E-state index contributed by atoms with van der Waals surface area (Å²) in [6.45, 7) is 12.5. The number of hydrogen-bond acceptors (Lipinski definition) is 13. The highest BCUT2D eigenvalue weighted by Gasteiger charge is 2.45. The molecule has 0 aliphatic carbocycles. The van der Waals surface area contributed by atoms with Crippen LogP contribution in [0.15, 0.2) is 70.6 Å². The zero-order chi connectivity index (χ0) is 45.7. The number of ether oxygens (including phenoxy) is 1. The summed E-state index contributed by atoms with van der Waals surface area (Å²) in [7, 11) is -3.58. The van der Waals surface area contributed by atoms with E-state index in [0.717, 1.165) is 85.0 Å². The lowest BCUT2D eigenvalue weighted by atomic mass is 9.86. The van der Waals surface area contributed by atoms with E-state index in [0.29, 0.717) is 28.5 Å². The highest BCUT2D eigenvalue weighted by molar-refractivity contribution is 7.99. The molecule has 340 valence electrons. The summed E-state index contributed by atoms with van der Waals surface area (Å²) in [6.07, 6.45) is 7.93. The van der Waals surface area contributed by atoms with Gasteiger partial charge in [0.2, 0.25) is 17.8 Å². The van der Waals surface area contributed by atoms with E-state index in [1.165, 1.54) is 11.8 Å². The van der Waals surface area contributed by atoms with Crippen molar-refractivity contribution in [2.75, 3.05) is 36.0 Å². The molecule has 1 atom stereocenters. The molecule has 3 N–H and O–H groups in total. The molecule has 4 aromatic rings. The molecule has 0 radical (unpaired) electrons. The van der Waals surface area contributed by atoms with Gasteiger partial charge in [-0.3, -0.25) is 29.4 Å². The Bertz CT molecular complexity index is 2530. The molecule has 1 unspecified atom stereocenters. The predicted octanol–water partition coefficient (Wildman–Crippen LogP) is 8.83. The fourth-order valence-electron chi connectivity index (χ4n) is 8.47. The minimum Gasteiger partial charge on any atom is -0.489 e. The van der Waals surface area contributed by atoms with E-state index in [1.807, 2.05) is 19.9 Å². The number of nitrogens with zero attached hydrogens (tertiary/aromatic N) is 4. The first-order chi connectivity index (χ1) is 30.6. The molecule has 0 bridgehead atoms. The van der Waals surface area contributed by atoms with E-state index >= 15 is 0 Å². The standard InChI is InChI=1S/C47H56ClN7O7S2/c1-28(2)62-38-26-33(30(5)25-36(38)51-47-49-27-34(48)43(53-47)50-35-14-8-9-16-40(35)64(60,61)29(3)4)31-19-22-54(23-20-31)21-10-6-7-11-24-63-39-15-12-13-32-42(39)46(59)55(45(32)58)37-17-18-41(56)52-44(37)57/h8-9,12-16,25-29,31,37H,6-7,10-11,17-24H2,1-5H3,(H,52,56,57)(H2,49,50,51,53). The van der Waals surface area contributed by atoms with E-state index < -0.39 is 44.8 Å². The Morgan fingerprint density at radius 1 is 0.906 bits per heavy atom. The number of thioether (sulfide) groups is 1. The molecule has 2 saturated heterocycles. The lowest BCUT2D eigenvalue weighted by Gasteiger charge is -2.33. The third-order valence-corrected chi connectivity index (χ3v) is 15.5. The van der Waals surface area contributed by atoms with Gasteiger partial charge in [-0.15, -0.1) is 11.8 Å². The number of nitrogens with one attached hydrogen (secondary N) is 3. The first kappa shape index (κ1) is 46.9. The Morgan fingerprint density at radius 3 is 2.39 bits per heavy atom. The highest BCUT2D eigenvalue weighted by Crippen LogP contribution is 2.39. The summed E-state index contributed by atoms with van der Waals surface area (Å²) < 4.78 is 32.5. The van der Waals surface area contributed by atoms with Gasteiger partial charge in [-0.2, -0.15) is 4.98 Å². The molecule has 64 heavy (non-hydrogen) atoms. The van der Waals surface area contributed by atoms with Gasteiger partial charge in [0.15, 0.2) is 15.7 Å². The first-order valence-electron chi connectivity index (χ1n) is 22.0. The third kappa shape index (κ3) is 10.6. The molecular weight excluding hydrogens is 874 g/mol. The van der Waals surface area contributed by atoms with Crippen LogP contribution in [-0.4, -0.2) is 94.6 Å². The van der Waals surface area contributed by atoms with Crippen molar-refractivity contribution in [3.05, 3.63) is 88.1 Å². The minimum atomic E-state index is -3.58. The molecule has 2 fully saturated rings. The summed E-state index contributed by atoms with van der Waals surface area (Å²) in [6, 6.07) is 15.2. The Hall–Kier alpha value is -5.03. The number of benzene rings is 3. The van der Waals surface area contributed by atoms with Crippen molar-refractivity contribution in [2.24, 2.45) is 0 Å². The number of amides is 4. The van der Waals surface area contributed by atoms with Gasteiger partial charge in [-0.1, -0.05) is 42.6 Å². The van der Waals surface area contributed by atoms with E-state index in [9.17, 15) is 27.6 Å². The van der Waals surface area contributed by atoms with Crippen LogP contribution in [0.4, 0.5) is 23.1 Å². The molecule has 14 nitrogen and oxygen atoms in total. The zero-order valence-electron chi connectivity index (χ0n) is 36.9. The summed E-state index contributed by atoms with van der Waals surface area (Å²) in [5.74, 6) is 0.492. The smallest absolute Gasteiger partial charge is 0.263 e. The van der Waals surface area contributed by atoms with E-state index in [2.05, 4.69) is 49.9 Å². The van der Waals surface area contributed by atoms with Crippen LogP contribution in [0.1, 0.15) is 117 Å². The molecule has 0 spiro atoms. The second kappa shape index (κ2) is 20.4. The number of halogens is 1. The van der Waals surface area contributed by atoms with Crippen LogP contribution < -0.4 is 20.7 Å². The average molecular weight is 931 g/mol. The number of unbranched alkanes of at least 4 members (excludes halogenated alkanes) is 3. The van der Waals surface area contributed by atoms with Crippen molar-refractivity contribution >= 4 is 80.0 Å². The van der Waals surface area contributed by atoms with E-state index in [1.54, 1.807) is 62.0 Å². The van der Waals surface area contributed by atoms with Gasteiger partial charge in [0.25, 0.3) is 11.8 Å².